The lowest BCUT2D eigenvalue weighted by Gasteiger charge is -2.23. The molecular weight excluding hydrogens is 264 g/mol. The number of hydrogen-bond donors (Lipinski definition) is 1. The SMILES string of the molecule is CCN(CC(=O)NC(C)C)C(=O)CC(C)c1ccccc1. The Hall–Kier alpha value is -1.84. The number of carbonyl (C=O) groups is 2. The average molecular weight is 290 g/mol. The van der Waals surface area contributed by atoms with Crippen LogP contribution in [-0.4, -0.2) is 35.8 Å². The first-order chi connectivity index (χ1) is 9.93. The van der Waals surface area contributed by atoms with Crippen molar-refractivity contribution < 1.29 is 9.59 Å². The minimum atomic E-state index is -0.104. The molecule has 1 aromatic rings. The molecule has 4 heteroatoms. The monoisotopic (exact) mass is 290 g/mol. The minimum Gasteiger partial charge on any atom is -0.352 e. The summed E-state index contributed by atoms with van der Waals surface area (Å²) in [6, 6.07) is 10.1. The van der Waals surface area contributed by atoms with E-state index in [4.69, 9.17) is 0 Å². The van der Waals surface area contributed by atoms with Gasteiger partial charge >= 0.3 is 0 Å². The van der Waals surface area contributed by atoms with E-state index < -0.39 is 0 Å². The van der Waals surface area contributed by atoms with Crippen LogP contribution >= 0.6 is 0 Å². The highest BCUT2D eigenvalue weighted by molar-refractivity contribution is 5.85. The van der Waals surface area contributed by atoms with Gasteiger partial charge in [-0.2, -0.15) is 0 Å². The van der Waals surface area contributed by atoms with Crippen molar-refractivity contribution in [3.8, 4) is 0 Å². The standard InChI is InChI=1S/C17H26N2O2/c1-5-19(12-16(20)18-13(2)3)17(21)11-14(4)15-9-7-6-8-10-15/h6-10,13-14H,5,11-12H2,1-4H3,(H,18,20). The van der Waals surface area contributed by atoms with Gasteiger partial charge in [0.25, 0.3) is 0 Å². The third-order valence-electron chi connectivity index (χ3n) is 3.37. The number of amides is 2. The van der Waals surface area contributed by atoms with Gasteiger partial charge in [-0.1, -0.05) is 37.3 Å². The molecular formula is C17H26N2O2. The maximum atomic E-state index is 12.3. The predicted molar refractivity (Wildman–Crippen MR) is 85.0 cm³/mol. The highest BCUT2D eigenvalue weighted by atomic mass is 16.2. The Morgan fingerprint density at radius 2 is 1.76 bits per heavy atom. The van der Waals surface area contributed by atoms with Gasteiger partial charge in [0, 0.05) is 19.0 Å². The van der Waals surface area contributed by atoms with E-state index >= 15 is 0 Å². The van der Waals surface area contributed by atoms with Crippen molar-refractivity contribution >= 4 is 11.8 Å². The molecule has 1 rings (SSSR count). The van der Waals surface area contributed by atoms with Crippen LogP contribution in [0.2, 0.25) is 0 Å². The van der Waals surface area contributed by atoms with Gasteiger partial charge in [-0.3, -0.25) is 9.59 Å². The summed E-state index contributed by atoms with van der Waals surface area (Å²) < 4.78 is 0. The van der Waals surface area contributed by atoms with Crippen molar-refractivity contribution in [2.45, 2.75) is 46.1 Å². The molecule has 0 saturated carbocycles. The van der Waals surface area contributed by atoms with Crippen LogP contribution in [0.15, 0.2) is 30.3 Å². The molecule has 0 saturated heterocycles. The molecule has 0 aliphatic heterocycles. The molecule has 0 heterocycles. The average Bonchev–Trinajstić information content (AvgIpc) is 2.44. The third-order valence-corrected chi connectivity index (χ3v) is 3.37. The van der Waals surface area contributed by atoms with Crippen LogP contribution in [0.25, 0.3) is 0 Å². The van der Waals surface area contributed by atoms with Crippen LogP contribution in [0.1, 0.15) is 45.6 Å². The number of benzene rings is 1. The number of rotatable bonds is 7. The van der Waals surface area contributed by atoms with Crippen LogP contribution in [0, 0.1) is 0 Å². The highest BCUT2D eigenvalue weighted by Crippen LogP contribution is 2.19. The van der Waals surface area contributed by atoms with Gasteiger partial charge in [-0.15, -0.1) is 0 Å². The Kier molecular flexibility index (Phi) is 6.92. The molecule has 4 nitrogen and oxygen atoms in total. The van der Waals surface area contributed by atoms with Gasteiger partial charge in [0.05, 0.1) is 6.54 Å². The second-order valence-corrected chi connectivity index (χ2v) is 5.65. The van der Waals surface area contributed by atoms with Gasteiger partial charge in [0.2, 0.25) is 11.8 Å². The van der Waals surface area contributed by atoms with E-state index in [0.29, 0.717) is 13.0 Å². The summed E-state index contributed by atoms with van der Waals surface area (Å²) in [5.74, 6) is 0.0706. The zero-order valence-corrected chi connectivity index (χ0v) is 13.4. The van der Waals surface area contributed by atoms with Crippen molar-refractivity contribution in [2.75, 3.05) is 13.1 Å². The van der Waals surface area contributed by atoms with Crippen molar-refractivity contribution in [1.82, 2.24) is 10.2 Å². The van der Waals surface area contributed by atoms with Gasteiger partial charge in [0.15, 0.2) is 0 Å². The second-order valence-electron chi connectivity index (χ2n) is 5.65. The summed E-state index contributed by atoms with van der Waals surface area (Å²) in [6.07, 6.45) is 0.423. The largest absolute Gasteiger partial charge is 0.352 e. The van der Waals surface area contributed by atoms with Crippen molar-refractivity contribution in [1.29, 1.82) is 0 Å². The van der Waals surface area contributed by atoms with Crippen LogP contribution in [0.3, 0.4) is 0 Å². The molecule has 0 aliphatic carbocycles. The summed E-state index contributed by atoms with van der Waals surface area (Å²) in [4.78, 5) is 25.7. The molecule has 1 N–H and O–H groups in total. The molecule has 1 aromatic carbocycles. The van der Waals surface area contributed by atoms with Crippen molar-refractivity contribution in [3.05, 3.63) is 35.9 Å². The van der Waals surface area contributed by atoms with E-state index in [2.05, 4.69) is 5.32 Å². The lowest BCUT2D eigenvalue weighted by molar-refractivity contribution is -0.136. The lowest BCUT2D eigenvalue weighted by atomic mass is 9.97. The first-order valence-corrected chi connectivity index (χ1v) is 7.56. The van der Waals surface area contributed by atoms with E-state index in [1.165, 1.54) is 0 Å². The van der Waals surface area contributed by atoms with Crippen molar-refractivity contribution in [2.24, 2.45) is 0 Å². The van der Waals surface area contributed by atoms with Gasteiger partial charge < -0.3 is 10.2 Å². The summed E-state index contributed by atoms with van der Waals surface area (Å²) >= 11 is 0. The normalized spacial score (nSPS) is 12.0. The second kappa shape index (κ2) is 8.45. The molecule has 0 aliphatic rings. The van der Waals surface area contributed by atoms with E-state index in [0.717, 1.165) is 5.56 Å². The zero-order valence-electron chi connectivity index (χ0n) is 13.4. The maximum absolute atomic E-state index is 12.3. The zero-order chi connectivity index (χ0) is 15.8. The summed E-state index contributed by atoms with van der Waals surface area (Å²) in [7, 11) is 0. The molecule has 0 fully saturated rings. The Morgan fingerprint density at radius 3 is 2.29 bits per heavy atom. The molecule has 1 atom stereocenters. The molecule has 1 unspecified atom stereocenters. The molecule has 21 heavy (non-hydrogen) atoms. The first-order valence-electron chi connectivity index (χ1n) is 7.56. The van der Waals surface area contributed by atoms with Gasteiger partial charge in [-0.25, -0.2) is 0 Å². The Bertz CT molecular complexity index is 457. The number of carbonyl (C=O) groups excluding carboxylic acids is 2. The molecule has 0 spiro atoms. The highest BCUT2D eigenvalue weighted by Gasteiger charge is 2.19. The minimum absolute atomic E-state index is 0.0211. The van der Waals surface area contributed by atoms with Crippen LogP contribution in [0.5, 0.6) is 0 Å². The number of likely N-dealkylation sites (N-methyl/N-ethyl adjacent to an activating group) is 1. The fourth-order valence-corrected chi connectivity index (χ4v) is 2.21. The topological polar surface area (TPSA) is 49.4 Å². The Labute approximate surface area is 127 Å². The molecule has 0 bridgehead atoms. The fraction of sp³-hybridized carbons (Fsp3) is 0.529. The number of nitrogens with zero attached hydrogens (tertiary/aromatic N) is 1. The van der Waals surface area contributed by atoms with Gasteiger partial charge in [-0.05, 0) is 32.3 Å². The van der Waals surface area contributed by atoms with E-state index in [1.54, 1.807) is 4.90 Å². The van der Waals surface area contributed by atoms with Crippen molar-refractivity contribution in [3.63, 3.8) is 0 Å². The number of nitrogens with one attached hydrogen (secondary N) is 1. The first kappa shape index (κ1) is 17.2. The summed E-state index contributed by atoms with van der Waals surface area (Å²) in [6.45, 7) is 8.44. The maximum Gasteiger partial charge on any atom is 0.239 e. The number of hydrogen-bond acceptors (Lipinski definition) is 2. The van der Waals surface area contributed by atoms with Crippen LogP contribution in [0.4, 0.5) is 0 Å². The van der Waals surface area contributed by atoms with E-state index in [-0.39, 0.29) is 30.3 Å². The molecule has 0 radical (unpaired) electrons. The molecule has 116 valence electrons. The smallest absolute Gasteiger partial charge is 0.239 e. The quantitative estimate of drug-likeness (QED) is 0.839. The predicted octanol–water partition coefficient (Wildman–Crippen LogP) is 2.55. The fourth-order valence-electron chi connectivity index (χ4n) is 2.21. The third kappa shape index (κ3) is 5.98. The lowest BCUT2D eigenvalue weighted by Crippen LogP contribution is -2.42. The molecule has 2 amide bonds. The molecule has 0 aromatic heterocycles. The summed E-state index contributed by atoms with van der Waals surface area (Å²) in [5.41, 5.74) is 1.15. The van der Waals surface area contributed by atoms with E-state index in [1.807, 2.05) is 58.0 Å². The van der Waals surface area contributed by atoms with Crippen LogP contribution < -0.4 is 5.32 Å². The van der Waals surface area contributed by atoms with Gasteiger partial charge in [0.1, 0.15) is 0 Å². The Balaban J connectivity index is 2.57. The van der Waals surface area contributed by atoms with Crippen LogP contribution in [-0.2, 0) is 9.59 Å². The Morgan fingerprint density at radius 1 is 1.14 bits per heavy atom. The van der Waals surface area contributed by atoms with E-state index in [9.17, 15) is 9.59 Å². The summed E-state index contributed by atoms with van der Waals surface area (Å²) in [5, 5.41) is 2.81.